The fourth-order valence-corrected chi connectivity index (χ4v) is 2.39. The van der Waals surface area contributed by atoms with Crippen LogP contribution in [0.1, 0.15) is 34.4 Å². The predicted molar refractivity (Wildman–Crippen MR) is 93.0 cm³/mol. The highest BCUT2D eigenvalue weighted by Gasteiger charge is 2.16. The highest BCUT2D eigenvalue weighted by atomic mass is 16.5. The molecule has 0 fully saturated rings. The summed E-state index contributed by atoms with van der Waals surface area (Å²) in [7, 11) is 1.64. The third-order valence-corrected chi connectivity index (χ3v) is 3.82. The maximum atomic E-state index is 6.18. The summed E-state index contributed by atoms with van der Waals surface area (Å²) in [4.78, 5) is 4.32. The van der Waals surface area contributed by atoms with Gasteiger partial charge in [0.2, 0.25) is 5.89 Å². The van der Waals surface area contributed by atoms with Crippen LogP contribution in [0.3, 0.4) is 0 Å². The van der Waals surface area contributed by atoms with Gasteiger partial charge < -0.3 is 19.7 Å². The first-order chi connectivity index (χ1) is 12.2. The Kier molecular flexibility index (Phi) is 5.42. The van der Waals surface area contributed by atoms with Crippen molar-refractivity contribution in [2.45, 2.75) is 26.2 Å². The van der Waals surface area contributed by atoms with Gasteiger partial charge in [0.1, 0.15) is 18.4 Å². The van der Waals surface area contributed by atoms with Crippen molar-refractivity contribution < 1.29 is 14.0 Å². The lowest BCUT2D eigenvalue weighted by atomic mass is 10.1. The first kappa shape index (κ1) is 17.1. The SMILES string of the molecule is COc1cccc(COCc2noc(C(N)c3ccc(C)cc3)n2)c1. The van der Waals surface area contributed by atoms with Crippen molar-refractivity contribution in [1.29, 1.82) is 0 Å². The van der Waals surface area contributed by atoms with E-state index in [0.29, 0.717) is 18.3 Å². The van der Waals surface area contributed by atoms with Gasteiger partial charge in [0.15, 0.2) is 5.82 Å². The van der Waals surface area contributed by atoms with E-state index in [-0.39, 0.29) is 6.61 Å². The number of hydrogen-bond donors (Lipinski definition) is 1. The maximum Gasteiger partial charge on any atom is 0.248 e. The molecule has 0 amide bonds. The van der Waals surface area contributed by atoms with Gasteiger partial charge >= 0.3 is 0 Å². The van der Waals surface area contributed by atoms with Crippen LogP contribution in [0.5, 0.6) is 5.75 Å². The van der Waals surface area contributed by atoms with Gasteiger partial charge in [-0.2, -0.15) is 4.98 Å². The number of aryl methyl sites for hydroxylation is 1. The minimum atomic E-state index is -0.444. The molecule has 0 radical (unpaired) electrons. The summed E-state index contributed by atoms with van der Waals surface area (Å²) in [6.07, 6.45) is 0. The van der Waals surface area contributed by atoms with Gasteiger partial charge in [-0.1, -0.05) is 47.1 Å². The van der Waals surface area contributed by atoms with Gasteiger partial charge in [0.05, 0.1) is 13.7 Å². The third-order valence-electron chi connectivity index (χ3n) is 3.82. The van der Waals surface area contributed by atoms with Crippen LogP contribution in [-0.4, -0.2) is 17.3 Å². The van der Waals surface area contributed by atoms with Crippen molar-refractivity contribution >= 4 is 0 Å². The van der Waals surface area contributed by atoms with Crippen LogP contribution in [0.2, 0.25) is 0 Å². The Morgan fingerprint density at radius 3 is 2.68 bits per heavy atom. The van der Waals surface area contributed by atoms with Gasteiger partial charge in [0.25, 0.3) is 0 Å². The standard InChI is InChI=1S/C19H21N3O3/c1-13-6-8-15(9-7-13)18(20)19-21-17(22-25-19)12-24-11-14-4-3-5-16(10-14)23-2/h3-10,18H,11-12,20H2,1-2H3. The fraction of sp³-hybridized carbons (Fsp3) is 0.263. The van der Waals surface area contributed by atoms with E-state index in [2.05, 4.69) is 10.1 Å². The molecule has 130 valence electrons. The molecule has 0 saturated heterocycles. The average molecular weight is 339 g/mol. The normalized spacial score (nSPS) is 12.1. The Balaban J connectivity index is 1.57. The monoisotopic (exact) mass is 339 g/mol. The number of nitrogens with zero attached hydrogens (tertiary/aromatic N) is 2. The van der Waals surface area contributed by atoms with Crippen LogP contribution in [0.15, 0.2) is 53.1 Å². The summed E-state index contributed by atoms with van der Waals surface area (Å²) >= 11 is 0. The highest BCUT2D eigenvalue weighted by molar-refractivity contribution is 5.28. The van der Waals surface area contributed by atoms with E-state index in [9.17, 15) is 0 Å². The molecule has 0 aliphatic carbocycles. The second kappa shape index (κ2) is 7.92. The Bertz CT molecular complexity index is 815. The lowest BCUT2D eigenvalue weighted by Gasteiger charge is -2.07. The van der Waals surface area contributed by atoms with Crippen molar-refractivity contribution in [2.24, 2.45) is 5.73 Å². The molecular formula is C19H21N3O3. The molecule has 2 aromatic carbocycles. The van der Waals surface area contributed by atoms with E-state index >= 15 is 0 Å². The number of methoxy groups -OCH3 is 1. The van der Waals surface area contributed by atoms with Crippen LogP contribution >= 0.6 is 0 Å². The average Bonchev–Trinajstić information content (AvgIpc) is 3.11. The summed E-state index contributed by atoms with van der Waals surface area (Å²) < 4.78 is 16.1. The molecule has 0 aliphatic rings. The van der Waals surface area contributed by atoms with E-state index in [1.54, 1.807) is 7.11 Å². The number of nitrogens with two attached hydrogens (primary N) is 1. The van der Waals surface area contributed by atoms with Gasteiger partial charge in [-0.3, -0.25) is 0 Å². The highest BCUT2D eigenvalue weighted by Crippen LogP contribution is 2.19. The molecule has 0 spiro atoms. The topological polar surface area (TPSA) is 83.4 Å². The Morgan fingerprint density at radius 1 is 1.12 bits per heavy atom. The molecular weight excluding hydrogens is 318 g/mol. The number of hydrogen-bond acceptors (Lipinski definition) is 6. The van der Waals surface area contributed by atoms with E-state index in [1.165, 1.54) is 5.56 Å². The molecule has 1 aromatic heterocycles. The minimum absolute atomic E-state index is 0.251. The molecule has 1 unspecified atom stereocenters. The summed E-state index contributed by atoms with van der Waals surface area (Å²) in [5.74, 6) is 1.65. The Labute approximate surface area is 146 Å². The van der Waals surface area contributed by atoms with Crippen LogP contribution in [0.4, 0.5) is 0 Å². The van der Waals surface area contributed by atoms with Gasteiger partial charge in [-0.25, -0.2) is 0 Å². The molecule has 6 heteroatoms. The van der Waals surface area contributed by atoms with Gasteiger partial charge in [0, 0.05) is 0 Å². The van der Waals surface area contributed by atoms with Crippen molar-refractivity contribution in [1.82, 2.24) is 10.1 Å². The summed E-state index contributed by atoms with van der Waals surface area (Å²) in [6.45, 7) is 2.71. The van der Waals surface area contributed by atoms with Crippen LogP contribution in [0.25, 0.3) is 0 Å². The number of benzene rings is 2. The van der Waals surface area contributed by atoms with E-state index in [0.717, 1.165) is 16.9 Å². The molecule has 1 heterocycles. The molecule has 0 bridgehead atoms. The lowest BCUT2D eigenvalue weighted by molar-refractivity contribution is 0.0998. The van der Waals surface area contributed by atoms with E-state index in [1.807, 2.05) is 55.5 Å². The quantitative estimate of drug-likeness (QED) is 0.712. The minimum Gasteiger partial charge on any atom is -0.497 e. The van der Waals surface area contributed by atoms with E-state index < -0.39 is 6.04 Å². The molecule has 0 saturated carbocycles. The summed E-state index contributed by atoms with van der Waals surface area (Å²) in [5.41, 5.74) is 9.30. The molecule has 0 aliphatic heterocycles. The fourth-order valence-electron chi connectivity index (χ4n) is 2.39. The smallest absolute Gasteiger partial charge is 0.248 e. The zero-order valence-electron chi connectivity index (χ0n) is 14.3. The van der Waals surface area contributed by atoms with Gasteiger partial charge in [-0.15, -0.1) is 0 Å². The molecule has 2 N–H and O–H groups in total. The first-order valence-electron chi connectivity index (χ1n) is 8.01. The molecule has 6 nitrogen and oxygen atoms in total. The van der Waals surface area contributed by atoms with Crippen molar-refractivity contribution in [3.63, 3.8) is 0 Å². The van der Waals surface area contributed by atoms with Gasteiger partial charge in [-0.05, 0) is 30.2 Å². The van der Waals surface area contributed by atoms with Crippen LogP contribution in [0, 0.1) is 6.92 Å². The maximum absolute atomic E-state index is 6.18. The number of rotatable bonds is 7. The third kappa shape index (κ3) is 4.43. The second-order valence-electron chi connectivity index (χ2n) is 5.78. The van der Waals surface area contributed by atoms with E-state index in [4.69, 9.17) is 19.7 Å². The zero-order chi connectivity index (χ0) is 17.6. The molecule has 3 rings (SSSR count). The summed E-state index contributed by atoms with van der Waals surface area (Å²) in [6, 6.07) is 15.2. The lowest BCUT2D eigenvalue weighted by Crippen LogP contribution is -2.12. The van der Waals surface area contributed by atoms with Crippen molar-refractivity contribution in [3.05, 3.63) is 76.9 Å². The van der Waals surface area contributed by atoms with Crippen LogP contribution < -0.4 is 10.5 Å². The molecule has 1 atom stereocenters. The zero-order valence-corrected chi connectivity index (χ0v) is 14.3. The van der Waals surface area contributed by atoms with Crippen molar-refractivity contribution in [2.75, 3.05) is 7.11 Å². The predicted octanol–water partition coefficient (Wildman–Crippen LogP) is 3.15. The second-order valence-corrected chi connectivity index (χ2v) is 5.78. The molecule has 25 heavy (non-hydrogen) atoms. The number of aromatic nitrogens is 2. The van der Waals surface area contributed by atoms with Crippen molar-refractivity contribution in [3.8, 4) is 5.75 Å². The van der Waals surface area contributed by atoms with Crippen LogP contribution in [-0.2, 0) is 18.0 Å². The number of ether oxygens (including phenoxy) is 2. The Morgan fingerprint density at radius 2 is 1.92 bits per heavy atom. The first-order valence-corrected chi connectivity index (χ1v) is 8.01. The largest absolute Gasteiger partial charge is 0.497 e. The Hall–Kier alpha value is -2.70. The summed E-state index contributed by atoms with van der Waals surface area (Å²) in [5, 5.41) is 3.93. The molecule has 3 aromatic rings.